The van der Waals surface area contributed by atoms with E-state index in [-0.39, 0.29) is 13.0 Å². The van der Waals surface area contributed by atoms with Crippen LogP contribution in [0, 0.1) is 5.82 Å². The first-order valence-electron chi connectivity index (χ1n) is 8.02. The fourth-order valence-electron chi connectivity index (χ4n) is 3.23. The minimum absolute atomic E-state index is 0.130. The van der Waals surface area contributed by atoms with Gasteiger partial charge in [0.15, 0.2) is 0 Å². The zero-order chi connectivity index (χ0) is 18.0. The summed E-state index contributed by atoms with van der Waals surface area (Å²) >= 11 is 0. The van der Waals surface area contributed by atoms with Gasteiger partial charge in [-0.15, -0.1) is 0 Å². The molecule has 1 aliphatic rings. The summed E-state index contributed by atoms with van der Waals surface area (Å²) in [5.74, 6) is -2.42. The van der Waals surface area contributed by atoms with E-state index in [1.807, 2.05) is 4.90 Å². The van der Waals surface area contributed by atoms with Gasteiger partial charge in [0.2, 0.25) is 0 Å². The van der Waals surface area contributed by atoms with Gasteiger partial charge in [-0.2, -0.15) is 0 Å². The molecule has 3 rings (SSSR count). The third-order valence-corrected chi connectivity index (χ3v) is 4.38. The van der Waals surface area contributed by atoms with E-state index in [1.54, 1.807) is 16.8 Å². The summed E-state index contributed by atoms with van der Waals surface area (Å²) in [6.45, 7) is 2.02. The molecular weight excluding hydrogens is 331 g/mol. The number of carbonyl (C=O) groups is 2. The van der Waals surface area contributed by atoms with Crippen molar-refractivity contribution in [1.29, 1.82) is 0 Å². The maximum absolute atomic E-state index is 13.7. The van der Waals surface area contributed by atoms with E-state index in [0.29, 0.717) is 42.8 Å². The Balaban J connectivity index is 2.06. The number of hydrogen-bond acceptors (Lipinski definition) is 4. The number of fused-ring (bicyclic) bond motifs is 1. The number of aryl methyl sites for hydroxylation is 1. The Labute approximate surface area is 143 Å². The van der Waals surface area contributed by atoms with Gasteiger partial charge in [-0.3, -0.25) is 14.5 Å². The van der Waals surface area contributed by atoms with Crippen LogP contribution in [0.25, 0.3) is 10.9 Å². The number of halogens is 1. The molecular formula is C17H19FN2O5. The van der Waals surface area contributed by atoms with E-state index in [1.165, 1.54) is 12.1 Å². The van der Waals surface area contributed by atoms with E-state index in [9.17, 15) is 19.1 Å². The van der Waals surface area contributed by atoms with Crippen LogP contribution < -0.4 is 0 Å². The van der Waals surface area contributed by atoms with Crippen LogP contribution in [0.2, 0.25) is 0 Å². The fourth-order valence-corrected chi connectivity index (χ4v) is 3.23. The predicted molar refractivity (Wildman–Crippen MR) is 86.9 cm³/mol. The SMILES string of the molecule is O=C(O)CCn1cc([C@H](C(=O)O)N2CCOCC2)c2ccc(F)cc21. The molecule has 1 aliphatic heterocycles. The Morgan fingerprint density at radius 3 is 2.60 bits per heavy atom. The first-order chi connectivity index (χ1) is 12.0. The van der Waals surface area contributed by atoms with Crippen molar-refractivity contribution in [3.63, 3.8) is 0 Å². The van der Waals surface area contributed by atoms with Crippen molar-refractivity contribution in [2.45, 2.75) is 19.0 Å². The first-order valence-corrected chi connectivity index (χ1v) is 8.02. The lowest BCUT2D eigenvalue weighted by molar-refractivity contribution is -0.145. The molecule has 0 bridgehead atoms. The number of benzene rings is 1. The summed E-state index contributed by atoms with van der Waals surface area (Å²) in [6, 6.07) is 3.25. The average Bonchev–Trinajstić information content (AvgIpc) is 2.91. The highest BCUT2D eigenvalue weighted by Crippen LogP contribution is 2.31. The monoisotopic (exact) mass is 350 g/mol. The topological polar surface area (TPSA) is 92.0 Å². The number of hydrogen-bond donors (Lipinski definition) is 2. The van der Waals surface area contributed by atoms with Crippen molar-refractivity contribution in [2.24, 2.45) is 0 Å². The average molecular weight is 350 g/mol. The van der Waals surface area contributed by atoms with E-state index in [4.69, 9.17) is 9.84 Å². The molecule has 2 heterocycles. The summed E-state index contributed by atoms with van der Waals surface area (Å²) in [7, 11) is 0. The number of rotatable bonds is 6. The van der Waals surface area contributed by atoms with E-state index < -0.39 is 23.8 Å². The maximum atomic E-state index is 13.7. The Bertz CT molecular complexity index is 798. The first kappa shape index (κ1) is 17.4. The normalized spacial score (nSPS) is 16.8. The van der Waals surface area contributed by atoms with Gasteiger partial charge < -0.3 is 19.5 Å². The second-order valence-electron chi connectivity index (χ2n) is 5.97. The summed E-state index contributed by atoms with van der Waals surface area (Å²) in [4.78, 5) is 24.6. The Hall–Kier alpha value is -2.45. The molecule has 25 heavy (non-hydrogen) atoms. The molecule has 1 aromatic heterocycles. The van der Waals surface area contributed by atoms with Crippen LogP contribution in [-0.4, -0.2) is 57.9 Å². The zero-order valence-corrected chi connectivity index (χ0v) is 13.5. The van der Waals surface area contributed by atoms with Crippen molar-refractivity contribution in [3.05, 3.63) is 35.8 Å². The predicted octanol–water partition coefficient (Wildman–Crippen LogP) is 1.71. The van der Waals surface area contributed by atoms with Gasteiger partial charge >= 0.3 is 11.9 Å². The molecule has 7 nitrogen and oxygen atoms in total. The number of ether oxygens (including phenoxy) is 1. The summed E-state index contributed by atoms with van der Waals surface area (Å²) in [5.41, 5.74) is 1.03. The van der Waals surface area contributed by atoms with Crippen LogP contribution in [-0.2, 0) is 20.9 Å². The van der Waals surface area contributed by atoms with Gasteiger partial charge in [-0.1, -0.05) is 0 Å². The fraction of sp³-hybridized carbons (Fsp3) is 0.412. The molecule has 2 N–H and O–H groups in total. The minimum Gasteiger partial charge on any atom is -0.481 e. The van der Waals surface area contributed by atoms with Crippen LogP contribution in [0.3, 0.4) is 0 Å². The van der Waals surface area contributed by atoms with Gasteiger partial charge in [0, 0.05) is 36.8 Å². The van der Waals surface area contributed by atoms with Crippen LogP contribution in [0.4, 0.5) is 4.39 Å². The molecule has 0 radical (unpaired) electrons. The molecule has 1 atom stereocenters. The molecule has 1 aromatic carbocycles. The molecule has 2 aromatic rings. The van der Waals surface area contributed by atoms with Gasteiger partial charge in [0.05, 0.1) is 25.2 Å². The Morgan fingerprint density at radius 2 is 1.96 bits per heavy atom. The molecule has 1 saturated heterocycles. The highest BCUT2D eigenvalue weighted by atomic mass is 19.1. The van der Waals surface area contributed by atoms with Crippen molar-refractivity contribution < 1.29 is 28.9 Å². The van der Waals surface area contributed by atoms with Crippen LogP contribution in [0.5, 0.6) is 0 Å². The molecule has 134 valence electrons. The minimum atomic E-state index is -0.997. The maximum Gasteiger partial charge on any atom is 0.325 e. The number of aromatic nitrogens is 1. The van der Waals surface area contributed by atoms with Crippen molar-refractivity contribution in [2.75, 3.05) is 26.3 Å². The lowest BCUT2D eigenvalue weighted by Crippen LogP contribution is -2.42. The highest BCUT2D eigenvalue weighted by Gasteiger charge is 2.31. The van der Waals surface area contributed by atoms with Crippen LogP contribution in [0.15, 0.2) is 24.4 Å². The lowest BCUT2D eigenvalue weighted by Gasteiger charge is -2.31. The zero-order valence-electron chi connectivity index (χ0n) is 13.5. The van der Waals surface area contributed by atoms with E-state index in [2.05, 4.69) is 0 Å². The Kier molecular flexibility index (Phi) is 5.00. The largest absolute Gasteiger partial charge is 0.481 e. The third-order valence-electron chi connectivity index (χ3n) is 4.38. The molecule has 8 heteroatoms. The second kappa shape index (κ2) is 7.20. The number of morpholine rings is 1. The quantitative estimate of drug-likeness (QED) is 0.824. The van der Waals surface area contributed by atoms with Crippen molar-refractivity contribution >= 4 is 22.8 Å². The molecule has 0 spiro atoms. The van der Waals surface area contributed by atoms with E-state index >= 15 is 0 Å². The molecule has 0 aliphatic carbocycles. The van der Waals surface area contributed by atoms with Crippen molar-refractivity contribution in [3.8, 4) is 0 Å². The van der Waals surface area contributed by atoms with Gasteiger partial charge in [0.1, 0.15) is 11.9 Å². The van der Waals surface area contributed by atoms with Gasteiger partial charge in [-0.25, -0.2) is 4.39 Å². The Morgan fingerprint density at radius 1 is 1.24 bits per heavy atom. The van der Waals surface area contributed by atoms with Crippen LogP contribution >= 0.6 is 0 Å². The number of carboxylic acid groups (broad SMARTS) is 2. The summed E-state index contributed by atoms with van der Waals surface area (Å²) in [6.07, 6.45) is 1.50. The summed E-state index contributed by atoms with van der Waals surface area (Å²) < 4.78 is 20.6. The van der Waals surface area contributed by atoms with Crippen molar-refractivity contribution in [1.82, 2.24) is 9.47 Å². The standard InChI is InChI=1S/C17H19FN2O5/c18-11-1-2-12-13(10-20(14(12)9-11)4-3-15(21)22)16(17(23)24)19-5-7-25-8-6-19/h1-2,9-10,16H,3-8H2,(H,21,22)(H,23,24)/t16-/m1/s1. The smallest absolute Gasteiger partial charge is 0.325 e. The molecule has 0 saturated carbocycles. The molecule has 0 unspecified atom stereocenters. The second-order valence-corrected chi connectivity index (χ2v) is 5.97. The molecule has 1 fully saturated rings. The van der Waals surface area contributed by atoms with E-state index in [0.717, 1.165) is 0 Å². The number of aliphatic carboxylic acids is 2. The lowest BCUT2D eigenvalue weighted by atomic mass is 10.0. The number of carboxylic acids is 2. The number of nitrogens with zero attached hydrogens (tertiary/aromatic N) is 2. The molecule has 0 amide bonds. The van der Waals surface area contributed by atoms with Gasteiger partial charge in [-0.05, 0) is 18.2 Å². The highest BCUT2D eigenvalue weighted by molar-refractivity contribution is 5.90. The van der Waals surface area contributed by atoms with Crippen LogP contribution in [0.1, 0.15) is 18.0 Å². The summed E-state index contributed by atoms with van der Waals surface area (Å²) in [5, 5.41) is 19.3. The van der Waals surface area contributed by atoms with Gasteiger partial charge in [0.25, 0.3) is 0 Å². The third kappa shape index (κ3) is 3.64.